The van der Waals surface area contributed by atoms with E-state index in [1.165, 1.54) is 17.1 Å². The third kappa shape index (κ3) is 2.74. The van der Waals surface area contributed by atoms with Crippen molar-refractivity contribution in [2.75, 3.05) is 0 Å². The molecule has 0 fully saturated rings. The number of aromatic nitrogens is 2. The molecule has 0 aliphatic rings. The summed E-state index contributed by atoms with van der Waals surface area (Å²) in [4.78, 5) is 4.60. The zero-order valence-corrected chi connectivity index (χ0v) is 12.7. The van der Waals surface area contributed by atoms with Crippen LogP contribution in [0.5, 0.6) is 0 Å². The van der Waals surface area contributed by atoms with Crippen LogP contribution in [0.1, 0.15) is 5.56 Å². The highest BCUT2D eigenvalue weighted by atomic mass is 79.9. The Morgan fingerprint density at radius 1 is 0.895 bits per heavy atom. The lowest BCUT2D eigenvalue weighted by molar-refractivity contribution is 1.32. The first-order valence-electron chi connectivity index (χ1n) is 5.89. The van der Waals surface area contributed by atoms with Crippen LogP contribution < -0.4 is 0 Å². The van der Waals surface area contributed by atoms with Gasteiger partial charge in [-0.3, -0.25) is 0 Å². The molecular weight excluding hydrogens is 320 g/mol. The van der Waals surface area contributed by atoms with E-state index >= 15 is 0 Å². The molecule has 94 valence electrons. The smallest absolute Gasteiger partial charge is 0.173 e. The summed E-state index contributed by atoms with van der Waals surface area (Å²) in [7, 11) is 0. The van der Waals surface area contributed by atoms with Crippen molar-refractivity contribution in [3.05, 3.63) is 58.6 Å². The van der Waals surface area contributed by atoms with Crippen LogP contribution in [0.3, 0.4) is 0 Å². The molecule has 1 heterocycles. The monoisotopic (exact) mass is 330 g/mol. The molecule has 0 unspecified atom stereocenters. The molecule has 1 aromatic heterocycles. The van der Waals surface area contributed by atoms with Crippen LogP contribution in [0.25, 0.3) is 22.0 Å². The number of rotatable bonds is 2. The molecule has 0 bridgehead atoms. The zero-order chi connectivity index (χ0) is 13.2. The van der Waals surface area contributed by atoms with Crippen molar-refractivity contribution in [3.8, 4) is 22.0 Å². The van der Waals surface area contributed by atoms with Gasteiger partial charge in [-0.05, 0) is 30.6 Å². The van der Waals surface area contributed by atoms with Crippen LogP contribution in [-0.4, -0.2) is 9.36 Å². The molecule has 19 heavy (non-hydrogen) atoms. The number of hydrogen-bond donors (Lipinski definition) is 0. The van der Waals surface area contributed by atoms with E-state index in [1.807, 2.05) is 24.3 Å². The minimum absolute atomic E-state index is 0.785. The molecule has 2 nitrogen and oxygen atoms in total. The van der Waals surface area contributed by atoms with E-state index in [-0.39, 0.29) is 0 Å². The van der Waals surface area contributed by atoms with Gasteiger partial charge in [-0.2, -0.15) is 4.37 Å². The predicted molar refractivity (Wildman–Crippen MR) is 83.2 cm³/mol. The van der Waals surface area contributed by atoms with Crippen LogP contribution >= 0.6 is 27.5 Å². The summed E-state index contributed by atoms with van der Waals surface area (Å²) in [6.07, 6.45) is 0. The molecular formula is C15H11BrN2S. The summed E-state index contributed by atoms with van der Waals surface area (Å²) >= 11 is 4.86. The van der Waals surface area contributed by atoms with Gasteiger partial charge in [-0.25, -0.2) is 4.98 Å². The lowest BCUT2D eigenvalue weighted by Crippen LogP contribution is -1.81. The van der Waals surface area contributed by atoms with Gasteiger partial charge in [0.2, 0.25) is 0 Å². The molecule has 0 amide bonds. The molecule has 0 saturated carbocycles. The van der Waals surface area contributed by atoms with Gasteiger partial charge in [0.25, 0.3) is 0 Å². The number of aryl methyl sites for hydroxylation is 1. The average Bonchev–Trinajstić information content (AvgIpc) is 2.90. The quantitative estimate of drug-likeness (QED) is 0.664. The van der Waals surface area contributed by atoms with Gasteiger partial charge in [0.1, 0.15) is 5.01 Å². The molecule has 0 atom stereocenters. The van der Waals surface area contributed by atoms with Crippen molar-refractivity contribution in [2.24, 2.45) is 0 Å². The summed E-state index contributed by atoms with van der Waals surface area (Å²) in [5.41, 5.74) is 3.41. The van der Waals surface area contributed by atoms with Gasteiger partial charge in [0, 0.05) is 15.6 Å². The Morgan fingerprint density at radius 3 is 2.21 bits per heavy atom. The van der Waals surface area contributed by atoms with Crippen LogP contribution in [0.15, 0.2) is 53.0 Å². The van der Waals surface area contributed by atoms with Gasteiger partial charge in [0.05, 0.1) is 0 Å². The third-order valence-electron chi connectivity index (χ3n) is 2.83. The summed E-state index contributed by atoms with van der Waals surface area (Å²) in [6.45, 7) is 2.08. The molecule has 2 aromatic carbocycles. The van der Waals surface area contributed by atoms with Crippen LogP contribution in [0.4, 0.5) is 0 Å². The number of hydrogen-bond acceptors (Lipinski definition) is 3. The van der Waals surface area contributed by atoms with Crippen LogP contribution in [0, 0.1) is 6.92 Å². The Hall–Kier alpha value is -1.52. The highest BCUT2D eigenvalue weighted by Gasteiger charge is 2.08. The number of halogens is 1. The zero-order valence-electron chi connectivity index (χ0n) is 10.3. The van der Waals surface area contributed by atoms with Crippen molar-refractivity contribution in [3.63, 3.8) is 0 Å². The molecule has 0 saturated heterocycles. The van der Waals surface area contributed by atoms with Crippen molar-refractivity contribution in [1.82, 2.24) is 9.36 Å². The Bertz CT molecular complexity index is 627. The standard InChI is InChI=1S/C15H11BrN2S/c1-10-2-4-12(5-3-10)15-17-14(18-19-15)11-6-8-13(16)9-7-11/h2-9H,1H3. The molecule has 3 rings (SSSR count). The minimum atomic E-state index is 0.785. The van der Waals surface area contributed by atoms with E-state index in [1.54, 1.807) is 0 Å². The lowest BCUT2D eigenvalue weighted by atomic mass is 10.1. The molecule has 0 N–H and O–H groups in total. The lowest BCUT2D eigenvalue weighted by Gasteiger charge is -1.96. The highest BCUT2D eigenvalue weighted by molar-refractivity contribution is 9.10. The Morgan fingerprint density at radius 2 is 1.53 bits per heavy atom. The molecule has 3 aromatic rings. The van der Waals surface area contributed by atoms with E-state index < -0.39 is 0 Å². The van der Waals surface area contributed by atoms with Crippen molar-refractivity contribution in [1.29, 1.82) is 0 Å². The Balaban J connectivity index is 1.95. The molecule has 0 aliphatic carbocycles. The fourth-order valence-corrected chi connectivity index (χ4v) is 2.71. The average molecular weight is 331 g/mol. The first-order valence-corrected chi connectivity index (χ1v) is 7.46. The summed E-state index contributed by atoms with van der Waals surface area (Å²) in [5, 5.41) is 0.956. The Kier molecular flexibility index (Phi) is 3.44. The van der Waals surface area contributed by atoms with E-state index in [0.29, 0.717) is 0 Å². The highest BCUT2D eigenvalue weighted by Crippen LogP contribution is 2.26. The van der Waals surface area contributed by atoms with E-state index in [0.717, 1.165) is 26.4 Å². The van der Waals surface area contributed by atoms with Crippen molar-refractivity contribution in [2.45, 2.75) is 6.92 Å². The number of benzene rings is 2. The first kappa shape index (κ1) is 12.5. The first-order chi connectivity index (χ1) is 9.22. The third-order valence-corrected chi connectivity index (χ3v) is 4.12. The molecule has 4 heteroatoms. The molecule has 0 spiro atoms. The summed E-state index contributed by atoms with van der Waals surface area (Å²) in [5.74, 6) is 0.785. The van der Waals surface area contributed by atoms with Gasteiger partial charge in [-0.1, -0.05) is 57.9 Å². The number of nitrogens with zero attached hydrogens (tertiary/aromatic N) is 2. The predicted octanol–water partition coefficient (Wildman–Crippen LogP) is 4.94. The molecule has 0 radical (unpaired) electrons. The van der Waals surface area contributed by atoms with Crippen molar-refractivity contribution >= 4 is 27.5 Å². The van der Waals surface area contributed by atoms with E-state index in [9.17, 15) is 0 Å². The molecule has 0 aliphatic heterocycles. The normalized spacial score (nSPS) is 10.6. The van der Waals surface area contributed by atoms with Gasteiger partial charge < -0.3 is 0 Å². The van der Waals surface area contributed by atoms with Crippen molar-refractivity contribution < 1.29 is 0 Å². The second kappa shape index (κ2) is 5.23. The van der Waals surface area contributed by atoms with E-state index in [2.05, 4.69) is 56.5 Å². The van der Waals surface area contributed by atoms with Crippen LogP contribution in [-0.2, 0) is 0 Å². The van der Waals surface area contributed by atoms with Gasteiger partial charge in [0.15, 0.2) is 5.82 Å². The van der Waals surface area contributed by atoms with E-state index in [4.69, 9.17) is 0 Å². The largest absolute Gasteiger partial charge is 0.215 e. The topological polar surface area (TPSA) is 25.8 Å². The summed E-state index contributed by atoms with van der Waals surface area (Å²) < 4.78 is 5.49. The van der Waals surface area contributed by atoms with Gasteiger partial charge in [-0.15, -0.1) is 0 Å². The second-order valence-electron chi connectivity index (χ2n) is 4.30. The SMILES string of the molecule is Cc1ccc(-c2nc(-c3ccc(Br)cc3)ns2)cc1. The van der Waals surface area contributed by atoms with Gasteiger partial charge >= 0.3 is 0 Å². The fourth-order valence-electron chi connectivity index (χ4n) is 1.75. The maximum atomic E-state index is 4.60. The van der Waals surface area contributed by atoms with Crippen LogP contribution in [0.2, 0.25) is 0 Å². The summed E-state index contributed by atoms with van der Waals surface area (Å²) in [6, 6.07) is 16.4. The minimum Gasteiger partial charge on any atom is -0.215 e. The maximum absolute atomic E-state index is 4.60. The fraction of sp³-hybridized carbons (Fsp3) is 0.0667. The maximum Gasteiger partial charge on any atom is 0.173 e. The second-order valence-corrected chi connectivity index (χ2v) is 5.96. The Labute approximate surface area is 124 Å².